The molecule has 0 nitrogen and oxygen atoms in total. The fraction of sp³-hybridized carbons (Fsp3) is 0.391. The Morgan fingerprint density at radius 2 is 1.48 bits per heavy atom. The summed E-state index contributed by atoms with van der Waals surface area (Å²) in [4.78, 5) is 0. The van der Waals surface area contributed by atoms with Crippen LogP contribution in [0.4, 0.5) is 0 Å². The average molecular weight is 302 g/mol. The molecular formula is C23H26. The van der Waals surface area contributed by atoms with Crippen molar-refractivity contribution in [3.63, 3.8) is 0 Å². The number of hydrogen-bond donors (Lipinski definition) is 0. The van der Waals surface area contributed by atoms with E-state index < -0.39 is 0 Å². The molecule has 1 aliphatic rings. The minimum atomic E-state index is 0.172. The van der Waals surface area contributed by atoms with E-state index in [0.29, 0.717) is 0 Å². The Labute approximate surface area is 140 Å². The largest absolute Gasteiger partial charge is 0.101 e. The number of fused-ring (bicyclic) bond motifs is 3. The second kappa shape index (κ2) is 6.25. The van der Waals surface area contributed by atoms with Gasteiger partial charge >= 0.3 is 0 Å². The molecule has 0 aromatic heterocycles. The molecule has 2 aromatic carbocycles. The van der Waals surface area contributed by atoms with Crippen LogP contribution < -0.4 is 0 Å². The highest BCUT2D eigenvalue weighted by atomic mass is 14.4. The maximum absolute atomic E-state index is 3.25. The van der Waals surface area contributed by atoms with Crippen LogP contribution in [-0.4, -0.2) is 0 Å². The SMILES string of the molecule is CC#Cc1ccc2c(c1)C(CCC)(CCC)c1cc(C)ccc1-2. The summed E-state index contributed by atoms with van der Waals surface area (Å²) in [5, 5.41) is 0. The molecule has 0 heterocycles. The summed E-state index contributed by atoms with van der Waals surface area (Å²) in [6.07, 6.45) is 4.84. The van der Waals surface area contributed by atoms with Crippen LogP contribution in [0.5, 0.6) is 0 Å². The van der Waals surface area contributed by atoms with Gasteiger partial charge in [-0.3, -0.25) is 0 Å². The van der Waals surface area contributed by atoms with E-state index in [-0.39, 0.29) is 5.41 Å². The summed E-state index contributed by atoms with van der Waals surface area (Å²) in [5.41, 5.74) is 8.58. The van der Waals surface area contributed by atoms with Gasteiger partial charge < -0.3 is 0 Å². The van der Waals surface area contributed by atoms with Crippen molar-refractivity contribution in [2.45, 2.75) is 58.8 Å². The summed E-state index contributed by atoms with van der Waals surface area (Å²) in [6, 6.07) is 13.8. The third-order valence-corrected chi connectivity index (χ3v) is 5.14. The number of aryl methyl sites for hydroxylation is 1. The first kappa shape index (κ1) is 15.9. The van der Waals surface area contributed by atoms with Crippen molar-refractivity contribution in [2.75, 3.05) is 0 Å². The summed E-state index contributed by atoms with van der Waals surface area (Å²) in [6.45, 7) is 8.73. The van der Waals surface area contributed by atoms with Crippen molar-refractivity contribution in [1.82, 2.24) is 0 Å². The molecule has 118 valence electrons. The normalized spacial score (nSPS) is 13.9. The van der Waals surface area contributed by atoms with E-state index in [4.69, 9.17) is 0 Å². The van der Waals surface area contributed by atoms with Gasteiger partial charge in [-0.2, -0.15) is 0 Å². The third-order valence-electron chi connectivity index (χ3n) is 5.14. The molecule has 0 bridgehead atoms. The van der Waals surface area contributed by atoms with Gasteiger partial charge in [0.1, 0.15) is 0 Å². The lowest BCUT2D eigenvalue weighted by atomic mass is 9.71. The van der Waals surface area contributed by atoms with E-state index in [1.807, 2.05) is 6.92 Å². The predicted molar refractivity (Wildman–Crippen MR) is 99.8 cm³/mol. The molecule has 2 aromatic rings. The summed E-state index contributed by atoms with van der Waals surface area (Å²) in [7, 11) is 0. The molecule has 0 saturated carbocycles. The highest BCUT2D eigenvalue weighted by molar-refractivity contribution is 5.82. The fourth-order valence-corrected chi connectivity index (χ4v) is 4.35. The van der Waals surface area contributed by atoms with Gasteiger partial charge in [-0.05, 0) is 61.1 Å². The van der Waals surface area contributed by atoms with Crippen molar-refractivity contribution < 1.29 is 0 Å². The first-order chi connectivity index (χ1) is 11.2. The van der Waals surface area contributed by atoms with Crippen LogP contribution in [0.15, 0.2) is 36.4 Å². The van der Waals surface area contributed by atoms with Gasteiger partial charge in [-0.1, -0.05) is 62.4 Å². The molecule has 3 rings (SSSR count). The van der Waals surface area contributed by atoms with E-state index in [0.717, 1.165) is 5.56 Å². The maximum Gasteiger partial charge on any atom is 0.0248 e. The predicted octanol–water partition coefficient (Wildman–Crippen LogP) is 6.23. The molecule has 0 amide bonds. The highest BCUT2D eigenvalue weighted by Gasteiger charge is 2.41. The van der Waals surface area contributed by atoms with Crippen molar-refractivity contribution >= 4 is 0 Å². The number of benzene rings is 2. The Balaban J connectivity index is 2.31. The second-order valence-electron chi connectivity index (χ2n) is 6.77. The summed E-state index contributed by atoms with van der Waals surface area (Å²) in [5.74, 6) is 6.29. The minimum absolute atomic E-state index is 0.172. The Hall–Kier alpha value is -2.00. The van der Waals surface area contributed by atoms with Gasteiger partial charge in [0.15, 0.2) is 0 Å². The van der Waals surface area contributed by atoms with Crippen LogP contribution >= 0.6 is 0 Å². The van der Waals surface area contributed by atoms with Crippen molar-refractivity contribution in [3.8, 4) is 23.0 Å². The molecule has 0 spiro atoms. The first-order valence-corrected chi connectivity index (χ1v) is 8.85. The molecule has 23 heavy (non-hydrogen) atoms. The van der Waals surface area contributed by atoms with Gasteiger partial charge in [0.2, 0.25) is 0 Å². The van der Waals surface area contributed by atoms with Gasteiger partial charge in [0.05, 0.1) is 0 Å². The van der Waals surface area contributed by atoms with Crippen LogP contribution in [0.3, 0.4) is 0 Å². The minimum Gasteiger partial charge on any atom is -0.101 e. The topological polar surface area (TPSA) is 0 Å². The standard InChI is InChI=1S/C23H26/c1-5-8-18-10-12-20-19-11-9-17(4)15-21(19)23(13-6-2,14-7-3)22(20)16-18/h9-12,15-16H,6-7,13-14H2,1-4H3. The van der Waals surface area contributed by atoms with Crippen molar-refractivity contribution in [1.29, 1.82) is 0 Å². The van der Waals surface area contributed by atoms with E-state index in [1.165, 1.54) is 53.5 Å². The summed E-state index contributed by atoms with van der Waals surface area (Å²) < 4.78 is 0. The lowest BCUT2D eigenvalue weighted by Crippen LogP contribution is -2.25. The Kier molecular flexibility index (Phi) is 4.31. The lowest BCUT2D eigenvalue weighted by Gasteiger charge is -2.32. The van der Waals surface area contributed by atoms with Crippen LogP contribution in [0.1, 0.15) is 68.7 Å². The Morgan fingerprint density at radius 3 is 2.09 bits per heavy atom. The third kappa shape index (κ3) is 2.49. The Morgan fingerprint density at radius 1 is 0.870 bits per heavy atom. The zero-order chi connectivity index (χ0) is 16.4. The van der Waals surface area contributed by atoms with Crippen LogP contribution in [-0.2, 0) is 5.41 Å². The molecule has 0 heteroatoms. The second-order valence-corrected chi connectivity index (χ2v) is 6.77. The van der Waals surface area contributed by atoms with Crippen LogP contribution in [0.25, 0.3) is 11.1 Å². The van der Waals surface area contributed by atoms with E-state index in [2.05, 4.69) is 69.0 Å². The first-order valence-electron chi connectivity index (χ1n) is 8.85. The quantitative estimate of drug-likeness (QED) is 0.587. The molecule has 0 aliphatic heterocycles. The zero-order valence-electron chi connectivity index (χ0n) is 14.8. The molecule has 0 radical (unpaired) electrons. The Bertz CT molecular complexity index is 777. The lowest BCUT2D eigenvalue weighted by molar-refractivity contribution is 0.435. The van der Waals surface area contributed by atoms with Crippen LogP contribution in [0.2, 0.25) is 0 Å². The van der Waals surface area contributed by atoms with E-state index in [1.54, 1.807) is 0 Å². The molecule has 0 unspecified atom stereocenters. The van der Waals surface area contributed by atoms with Crippen LogP contribution in [0, 0.1) is 18.8 Å². The van der Waals surface area contributed by atoms with Gasteiger partial charge in [0.25, 0.3) is 0 Å². The fourth-order valence-electron chi connectivity index (χ4n) is 4.35. The zero-order valence-corrected chi connectivity index (χ0v) is 14.8. The smallest absolute Gasteiger partial charge is 0.0248 e. The van der Waals surface area contributed by atoms with Gasteiger partial charge in [-0.25, -0.2) is 0 Å². The van der Waals surface area contributed by atoms with Gasteiger partial charge in [0, 0.05) is 11.0 Å². The van der Waals surface area contributed by atoms with Gasteiger partial charge in [-0.15, -0.1) is 5.92 Å². The monoisotopic (exact) mass is 302 g/mol. The number of hydrogen-bond acceptors (Lipinski definition) is 0. The maximum atomic E-state index is 3.25. The summed E-state index contributed by atoms with van der Waals surface area (Å²) >= 11 is 0. The molecule has 0 fully saturated rings. The highest BCUT2D eigenvalue weighted by Crippen LogP contribution is 2.54. The molecular weight excluding hydrogens is 276 g/mol. The van der Waals surface area contributed by atoms with E-state index in [9.17, 15) is 0 Å². The average Bonchev–Trinajstić information content (AvgIpc) is 2.79. The molecule has 0 atom stereocenters. The van der Waals surface area contributed by atoms with Crippen molar-refractivity contribution in [3.05, 3.63) is 58.7 Å². The van der Waals surface area contributed by atoms with E-state index >= 15 is 0 Å². The van der Waals surface area contributed by atoms with Crippen molar-refractivity contribution in [2.24, 2.45) is 0 Å². The molecule has 1 aliphatic carbocycles. The number of rotatable bonds is 4. The molecule has 0 saturated heterocycles. The molecule has 0 N–H and O–H groups in total.